The summed E-state index contributed by atoms with van der Waals surface area (Å²) < 4.78 is 18.4. The van der Waals surface area contributed by atoms with E-state index in [0.717, 1.165) is 36.1 Å². The third-order valence-electron chi connectivity index (χ3n) is 3.64. The van der Waals surface area contributed by atoms with E-state index in [2.05, 4.69) is 9.97 Å². The molecular formula is C15H16FN3O. The van der Waals surface area contributed by atoms with Gasteiger partial charge in [0.2, 0.25) is 0 Å². The summed E-state index contributed by atoms with van der Waals surface area (Å²) in [5.41, 5.74) is 8.81. The molecule has 0 saturated carbocycles. The van der Waals surface area contributed by atoms with Gasteiger partial charge >= 0.3 is 0 Å². The van der Waals surface area contributed by atoms with Crippen molar-refractivity contribution in [3.63, 3.8) is 0 Å². The van der Waals surface area contributed by atoms with Gasteiger partial charge in [-0.2, -0.15) is 0 Å². The van der Waals surface area contributed by atoms with E-state index in [9.17, 15) is 4.39 Å². The van der Waals surface area contributed by atoms with Crippen LogP contribution in [0.25, 0.3) is 11.4 Å². The van der Waals surface area contributed by atoms with E-state index in [1.807, 2.05) is 0 Å². The Balaban J connectivity index is 2.02. The van der Waals surface area contributed by atoms with E-state index in [4.69, 9.17) is 10.5 Å². The molecule has 0 amide bonds. The van der Waals surface area contributed by atoms with Crippen LogP contribution in [0.3, 0.4) is 0 Å². The Kier molecular flexibility index (Phi) is 3.36. The number of rotatable bonds is 2. The predicted molar refractivity (Wildman–Crippen MR) is 73.8 cm³/mol. The molecule has 1 heterocycles. The summed E-state index contributed by atoms with van der Waals surface area (Å²) >= 11 is 0. The third kappa shape index (κ3) is 2.25. The van der Waals surface area contributed by atoms with Gasteiger partial charge in [-0.15, -0.1) is 0 Å². The van der Waals surface area contributed by atoms with Crippen molar-refractivity contribution in [2.75, 3.05) is 7.11 Å². The molecule has 0 radical (unpaired) electrons. The van der Waals surface area contributed by atoms with Crippen LogP contribution in [0.1, 0.15) is 30.1 Å². The van der Waals surface area contributed by atoms with E-state index in [0.29, 0.717) is 5.82 Å². The first-order valence-electron chi connectivity index (χ1n) is 6.64. The molecule has 0 spiro atoms. The molecule has 4 nitrogen and oxygen atoms in total. The molecule has 1 aliphatic rings. The number of nitrogens with zero attached hydrogens (tertiary/aromatic N) is 2. The first-order chi connectivity index (χ1) is 9.69. The van der Waals surface area contributed by atoms with Gasteiger partial charge in [0.15, 0.2) is 17.4 Å². The molecule has 20 heavy (non-hydrogen) atoms. The number of hydrogen-bond donors (Lipinski definition) is 1. The van der Waals surface area contributed by atoms with Gasteiger partial charge in [-0.3, -0.25) is 0 Å². The maximum absolute atomic E-state index is 13.4. The molecule has 5 heteroatoms. The van der Waals surface area contributed by atoms with Crippen LogP contribution in [0, 0.1) is 5.82 Å². The van der Waals surface area contributed by atoms with Crippen molar-refractivity contribution in [3.8, 4) is 17.1 Å². The van der Waals surface area contributed by atoms with Gasteiger partial charge in [0.1, 0.15) is 0 Å². The zero-order valence-corrected chi connectivity index (χ0v) is 11.3. The van der Waals surface area contributed by atoms with Crippen molar-refractivity contribution >= 4 is 0 Å². The second-order valence-corrected chi connectivity index (χ2v) is 4.94. The normalized spacial score (nSPS) is 17.6. The molecule has 1 aliphatic carbocycles. The quantitative estimate of drug-likeness (QED) is 0.913. The fraction of sp³-hybridized carbons (Fsp3) is 0.333. The monoisotopic (exact) mass is 273 g/mol. The molecule has 1 aromatic heterocycles. The van der Waals surface area contributed by atoms with Crippen molar-refractivity contribution in [2.24, 2.45) is 5.73 Å². The zero-order valence-electron chi connectivity index (χ0n) is 11.3. The Morgan fingerprint density at radius 1 is 1.40 bits per heavy atom. The van der Waals surface area contributed by atoms with Crippen LogP contribution < -0.4 is 10.5 Å². The van der Waals surface area contributed by atoms with E-state index < -0.39 is 5.82 Å². The maximum Gasteiger partial charge on any atom is 0.165 e. The Bertz CT molecular complexity index is 645. The summed E-state index contributed by atoms with van der Waals surface area (Å²) in [5.74, 6) is 0.382. The average Bonchev–Trinajstić information content (AvgIpc) is 2.47. The summed E-state index contributed by atoms with van der Waals surface area (Å²) in [5, 5.41) is 0. The van der Waals surface area contributed by atoms with Crippen molar-refractivity contribution in [1.82, 2.24) is 9.97 Å². The first kappa shape index (κ1) is 13.0. The SMILES string of the molecule is COc1cc(-c2ncc3c(n2)CCCC3N)ccc1F. The smallest absolute Gasteiger partial charge is 0.165 e. The summed E-state index contributed by atoms with van der Waals surface area (Å²) in [6.45, 7) is 0. The molecule has 0 fully saturated rings. The molecule has 0 aliphatic heterocycles. The van der Waals surface area contributed by atoms with Gasteiger partial charge in [-0.1, -0.05) is 0 Å². The fourth-order valence-electron chi connectivity index (χ4n) is 2.52. The number of hydrogen-bond acceptors (Lipinski definition) is 4. The predicted octanol–water partition coefficient (Wildman–Crippen LogP) is 2.63. The third-order valence-corrected chi connectivity index (χ3v) is 3.64. The lowest BCUT2D eigenvalue weighted by molar-refractivity contribution is 0.386. The number of aryl methyl sites for hydroxylation is 1. The lowest BCUT2D eigenvalue weighted by atomic mass is 9.93. The van der Waals surface area contributed by atoms with Gasteiger partial charge in [0.05, 0.1) is 7.11 Å². The Labute approximate surface area is 116 Å². The lowest BCUT2D eigenvalue weighted by Gasteiger charge is -2.21. The standard InChI is InChI=1S/C15H16FN3O/c1-20-14-7-9(5-6-11(14)16)15-18-8-10-12(17)3-2-4-13(10)19-15/h5-8,12H,2-4,17H2,1H3. The Morgan fingerprint density at radius 2 is 2.25 bits per heavy atom. The summed E-state index contributed by atoms with van der Waals surface area (Å²) in [6, 6.07) is 4.65. The highest BCUT2D eigenvalue weighted by Crippen LogP contribution is 2.29. The molecule has 2 N–H and O–H groups in total. The van der Waals surface area contributed by atoms with Gasteiger partial charge in [0, 0.05) is 29.1 Å². The number of aromatic nitrogens is 2. The summed E-state index contributed by atoms with van der Waals surface area (Å²) in [7, 11) is 1.44. The Hall–Kier alpha value is -2.01. The minimum absolute atomic E-state index is 0.0237. The molecule has 3 rings (SSSR count). The van der Waals surface area contributed by atoms with Crippen LogP contribution in [0.5, 0.6) is 5.75 Å². The molecule has 0 bridgehead atoms. The lowest BCUT2D eigenvalue weighted by Crippen LogP contribution is -2.19. The van der Waals surface area contributed by atoms with Crippen molar-refractivity contribution in [2.45, 2.75) is 25.3 Å². The number of fused-ring (bicyclic) bond motifs is 1. The number of benzene rings is 1. The molecule has 104 valence electrons. The number of methoxy groups -OCH3 is 1. The van der Waals surface area contributed by atoms with E-state index >= 15 is 0 Å². The van der Waals surface area contributed by atoms with Crippen LogP contribution >= 0.6 is 0 Å². The molecule has 2 aromatic rings. The van der Waals surface area contributed by atoms with Crippen molar-refractivity contribution in [1.29, 1.82) is 0 Å². The van der Waals surface area contributed by atoms with Crippen LogP contribution in [0.15, 0.2) is 24.4 Å². The average molecular weight is 273 g/mol. The van der Waals surface area contributed by atoms with Crippen molar-refractivity contribution < 1.29 is 9.13 Å². The van der Waals surface area contributed by atoms with Crippen LogP contribution in [-0.2, 0) is 6.42 Å². The fourth-order valence-corrected chi connectivity index (χ4v) is 2.52. The Morgan fingerprint density at radius 3 is 3.05 bits per heavy atom. The number of nitrogens with two attached hydrogens (primary N) is 1. The summed E-state index contributed by atoms with van der Waals surface area (Å²) in [4.78, 5) is 8.92. The van der Waals surface area contributed by atoms with Gasteiger partial charge in [0.25, 0.3) is 0 Å². The second kappa shape index (κ2) is 5.17. The highest BCUT2D eigenvalue weighted by molar-refractivity contribution is 5.58. The maximum atomic E-state index is 13.4. The highest BCUT2D eigenvalue weighted by atomic mass is 19.1. The van der Waals surface area contributed by atoms with Crippen LogP contribution in [0.2, 0.25) is 0 Å². The second-order valence-electron chi connectivity index (χ2n) is 4.94. The van der Waals surface area contributed by atoms with Gasteiger partial charge in [-0.25, -0.2) is 14.4 Å². The molecule has 0 saturated heterocycles. The molecular weight excluding hydrogens is 257 g/mol. The van der Waals surface area contributed by atoms with E-state index in [-0.39, 0.29) is 11.8 Å². The topological polar surface area (TPSA) is 61.0 Å². The minimum atomic E-state index is -0.392. The zero-order chi connectivity index (χ0) is 14.1. The molecule has 1 atom stereocenters. The largest absolute Gasteiger partial charge is 0.494 e. The van der Waals surface area contributed by atoms with E-state index in [1.165, 1.54) is 13.2 Å². The number of ether oxygens (including phenoxy) is 1. The molecule has 1 aromatic carbocycles. The first-order valence-corrected chi connectivity index (χ1v) is 6.64. The van der Waals surface area contributed by atoms with Gasteiger partial charge < -0.3 is 10.5 Å². The number of halogens is 1. The van der Waals surface area contributed by atoms with Gasteiger partial charge in [-0.05, 0) is 37.5 Å². The minimum Gasteiger partial charge on any atom is -0.494 e. The van der Waals surface area contributed by atoms with Crippen molar-refractivity contribution in [3.05, 3.63) is 41.5 Å². The summed E-state index contributed by atoms with van der Waals surface area (Å²) in [6.07, 6.45) is 4.71. The van der Waals surface area contributed by atoms with Crippen LogP contribution in [-0.4, -0.2) is 17.1 Å². The van der Waals surface area contributed by atoms with Crippen LogP contribution in [0.4, 0.5) is 4.39 Å². The highest BCUT2D eigenvalue weighted by Gasteiger charge is 2.19. The van der Waals surface area contributed by atoms with E-state index in [1.54, 1.807) is 18.3 Å². The molecule has 1 unspecified atom stereocenters.